The molecule has 0 fully saturated rings. The van der Waals surface area contributed by atoms with Crippen LogP contribution in [0.25, 0.3) is 0 Å². The fraction of sp³-hybridized carbons (Fsp3) is 0.417. The molecule has 1 aromatic carbocycles. The van der Waals surface area contributed by atoms with Crippen LogP contribution in [0.5, 0.6) is 0 Å². The first kappa shape index (κ1) is 18.9. The summed E-state index contributed by atoms with van der Waals surface area (Å²) < 4.78 is 23.3. The molecule has 3 N–H and O–H groups in total. The number of likely N-dealkylation sites (N-methyl/N-ethyl adjacent to an activating group) is 1. The molecule has 1 rings (SSSR count). The van der Waals surface area contributed by atoms with E-state index in [1.807, 2.05) is 30.3 Å². The molecule has 0 saturated heterocycles. The van der Waals surface area contributed by atoms with Gasteiger partial charge in [0.05, 0.1) is 12.8 Å². The molecule has 0 aliphatic rings. The van der Waals surface area contributed by atoms with Crippen LogP contribution in [0.4, 0.5) is 0 Å². The molecular formula is C12H20ClN3O3S. The lowest BCUT2D eigenvalue weighted by molar-refractivity contribution is -0.121. The van der Waals surface area contributed by atoms with Crippen LogP contribution in [-0.4, -0.2) is 45.0 Å². The lowest BCUT2D eigenvalue weighted by Crippen LogP contribution is -2.40. The van der Waals surface area contributed by atoms with Crippen LogP contribution in [-0.2, 0) is 14.8 Å². The van der Waals surface area contributed by atoms with Gasteiger partial charge in [-0.3, -0.25) is 4.79 Å². The lowest BCUT2D eigenvalue weighted by atomic mass is 10.1. The number of rotatable bonds is 6. The molecule has 1 atom stereocenters. The van der Waals surface area contributed by atoms with Gasteiger partial charge in [-0.05, 0) is 5.56 Å². The first-order chi connectivity index (χ1) is 8.80. The molecule has 20 heavy (non-hydrogen) atoms. The number of amides is 1. The Morgan fingerprint density at radius 2 is 1.90 bits per heavy atom. The third-order valence-electron chi connectivity index (χ3n) is 2.68. The Hall–Kier alpha value is -1.15. The number of carbonyl (C=O) groups excluding carboxylic acids is 1. The molecule has 0 aliphatic carbocycles. The van der Waals surface area contributed by atoms with Crippen molar-refractivity contribution in [2.75, 3.05) is 26.4 Å². The summed E-state index contributed by atoms with van der Waals surface area (Å²) in [6.07, 6.45) is 1.05. The Labute approximate surface area is 125 Å². The van der Waals surface area contributed by atoms with Gasteiger partial charge in [0.15, 0.2) is 0 Å². The molecule has 1 unspecified atom stereocenters. The van der Waals surface area contributed by atoms with E-state index in [9.17, 15) is 13.2 Å². The predicted octanol–water partition coefficient (Wildman–Crippen LogP) is 0.116. The first-order valence-corrected chi connectivity index (χ1v) is 7.64. The lowest BCUT2D eigenvalue weighted by Gasteiger charge is -2.16. The maximum Gasteiger partial charge on any atom is 0.235 e. The third kappa shape index (κ3) is 6.33. The number of sulfonamides is 1. The molecule has 0 saturated carbocycles. The Kier molecular flexibility index (Phi) is 7.74. The van der Waals surface area contributed by atoms with Crippen LogP contribution < -0.4 is 11.1 Å². The molecule has 0 aliphatic heterocycles. The average Bonchev–Trinajstić information content (AvgIpc) is 2.35. The van der Waals surface area contributed by atoms with E-state index < -0.39 is 10.0 Å². The van der Waals surface area contributed by atoms with Crippen LogP contribution in [0.2, 0.25) is 0 Å². The normalized spacial score (nSPS) is 12.6. The van der Waals surface area contributed by atoms with Gasteiger partial charge in [-0.25, -0.2) is 8.42 Å². The molecule has 1 amide bonds. The zero-order chi connectivity index (χ0) is 14.5. The van der Waals surface area contributed by atoms with Crippen molar-refractivity contribution in [2.24, 2.45) is 5.73 Å². The average molecular weight is 322 g/mol. The van der Waals surface area contributed by atoms with Gasteiger partial charge >= 0.3 is 0 Å². The second-order valence-electron chi connectivity index (χ2n) is 4.34. The van der Waals surface area contributed by atoms with Gasteiger partial charge in [-0.2, -0.15) is 4.31 Å². The number of nitrogens with one attached hydrogen (secondary N) is 1. The molecule has 8 heteroatoms. The highest BCUT2D eigenvalue weighted by Gasteiger charge is 2.15. The van der Waals surface area contributed by atoms with Crippen LogP contribution in [0, 0.1) is 0 Å². The summed E-state index contributed by atoms with van der Waals surface area (Å²) in [5, 5.41) is 2.61. The maximum absolute atomic E-state index is 11.6. The number of carbonyl (C=O) groups is 1. The first-order valence-electron chi connectivity index (χ1n) is 5.79. The Bertz CT molecular complexity index is 522. The zero-order valence-electron chi connectivity index (χ0n) is 11.4. The van der Waals surface area contributed by atoms with Gasteiger partial charge in [0.2, 0.25) is 15.9 Å². The van der Waals surface area contributed by atoms with E-state index in [0.29, 0.717) is 0 Å². The molecule has 0 spiro atoms. The van der Waals surface area contributed by atoms with Crippen molar-refractivity contribution < 1.29 is 13.2 Å². The molecule has 0 aromatic heterocycles. The van der Waals surface area contributed by atoms with E-state index >= 15 is 0 Å². The SMILES string of the molecule is CN(CC(=O)NCC(N)c1ccccc1)S(C)(=O)=O.Cl. The van der Waals surface area contributed by atoms with E-state index in [1.54, 1.807) is 0 Å². The molecule has 1 aromatic rings. The molecule has 114 valence electrons. The summed E-state index contributed by atoms with van der Waals surface area (Å²) in [6.45, 7) is 0.0563. The topological polar surface area (TPSA) is 92.5 Å². The minimum absolute atomic E-state index is 0. The van der Waals surface area contributed by atoms with E-state index in [-0.39, 0.29) is 37.4 Å². The third-order valence-corrected chi connectivity index (χ3v) is 3.94. The predicted molar refractivity (Wildman–Crippen MR) is 81.1 cm³/mol. The Morgan fingerprint density at radius 3 is 2.40 bits per heavy atom. The van der Waals surface area contributed by atoms with Crippen LogP contribution in [0.15, 0.2) is 30.3 Å². The van der Waals surface area contributed by atoms with Crippen LogP contribution >= 0.6 is 12.4 Å². The monoisotopic (exact) mass is 321 g/mol. The molecule has 0 bridgehead atoms. The number of nitrogens with two attached hydrogens (primary N) is 1. The molecule has 0 radical (unpaired) electrons. The summed E-state index contributed by atoms with van der Waals surface area (Å²) in [5.74, 6) is -0.376. The van der Waals surface area contributed by atoms with E-state index in [0.717, 1.165) is 16.1 Å². The second-order valence-corrected chi connectivity index (χ2v) is 6.43. The number of benzene rings is 1. The largest absolute Gasteiger partial charge is 0.353 e. The summed E-state index contributed by atoms with van der Waals surface area (Å²) in [7, 11) is -1.99. The second kappa shape index (κ2) is 8.21. The highest BCUT2D eigenvalue weighted by molar-refractivity contribution is 7.88. The van der Waals surface area contributed by atoms with Crippen molar-refractivity contribution in [3.05, 3.63) is 35.9 Å². The van der Waals surface area contributed by atoms with Gasteiger partial charge < -0.3 is 11.1 Å². The Balaban J connectivity index is 0.00000361. The number of nitrogens with zero attached hydrogens (tertiary/aromatic N) is 1. The molecule has 0 heterocycles. The smallest absolute Gasteiger partial charge is 0.235 e. The summed E-state index contributed by atoms with van der Waals surface area (Å²) in [6, 6.07) is 9.06. The molecule has 6 nitrogen and oxygen atoms in total. The van der Waals surface area contributed by atoms with E-state index in [1.165, 1.54) is 7.05 Å². The highest BCUT2D eigenvalue weighted by atomic mass is 35.5. The van der Waals surface area contributed by atoms with Gasteiger partial charge in [-0.15, -0.1) is 12.4 Å². The standard InChI is InChI=1S/C12H19N3O3S.ClH/c1-15(19(2,17)18)9-12(16)14-8-11(13)10-6-4-3-5-7-10;/h3-7,11H,8-9,13H2,1-2H3,(H,14,16);1H. The number of hydrogen-bond acceptors (Lipinski definition) is 4. The zero-order valence-corrected chi connectivity index (χ0v) is 13.1. The summed E-state index contributed by atoms with van der Waals surface area (Å²) in [5.41, 5.74) is 6.83. The molecular weight excluding hydrogens is 302 g/mol. The van der Waals surface area contributed by atoms with Crippen molar-refractivity contribution in [3.63, 3.8) is 0 Å². The van der Waals surface area contributed by atoms with Gasteiger partial charge in [-0.1, -0.05) is 30.3 Å². The van der Waals surface area contributed by atoms with Crippen molar-refractivity contribution in [1.82, 2.24) is 9.62 Å². The van der Waals surface area contributed by atoms with Gasteiger partial charge in [0.25, 0.3) is 0 Å². The number of hydrogen-bond donors (Lipinski definition) is 2. The van der Waals surface area contributed by atoms with Gasteiger partial charge in [0.1, 0.15) is 0 Å². The number of halogens is 1. The maximum atomic E-state index is 11.6. The highest BCUT2D eigenvalue weighted by Crippen LogP contribution is 2.07. The van der Waals surface area contributed by atoms with Crippen molar-refractivity contribution in [1.29, 1.82) is 0 Å². The van der Waals surface area contributed by atoms with E-state index in [4.69, 9.17) is 5.73 Å². The summed E-state index contributed by atoms with van der Waals surface area (Å²) >= 11 is 0. The Morgan fingerprint density at radius 1 is 1.35 bits per heavy atom. The summed E-state index contributed by atoms with van der Waals surface area (Å²) in [4.78, 5) is 11.6. The van der Waals surface area contributed by atoms with Crippen molar-refractivity contribution in [2.45, 2.75) is 6.04 Å². The van der Waals surface area contributed by atoms with Crippen molar-refractivity contribution in [3.8, 4) is 0 Å². The van der Waals surface area contributed by atoms with Gasteiger partial charge in [0, 0.05) is 19.6 Å². The minimum Gasteiger partial charge on any atom is -0.353 e. The van der Waals surface area contributed by atoms with E-state index in [2.05, 4.69) is 5.32 Å². The fourth-order valence-corrected chi connectivity index (χ4v) is 1.77. The quantitative estimate of drug-likeness (QED) is 0.778. The fourth-order valence-electron chi connectivity index (χ4n) is 1.42. The van der Waals surface area contributed by atoms with Crippen LogP contribution in [0.3, 0.4) is 0 Å². The van der Waals surface area contributed by atoms with Crippen molar-refractivity contribution >= 4 is 28.3 Å². The van der Waals surface area contributed by atoms with Crippen LogP contribution in [0.1, 0.15) is 11.6 Å². The minimum atomic E-state index is -3.35.